The maximum atomic E-state index is 14.9. The Labute approximate surface area is 328 Å². The number of urea groups is 1. The number of carbonyl (C=O) groups is 5. The van der Waals surface area contributed by atoms with Gasteiger partial charge in [-0.2, -0.15) is 0 Å². The average Bonchev–Trinajstić information content (AvgIpc) is 3.63. The third-order valence-corrected chi connectivity index (χ3v) is 15.9. The lowest BCUT2D eigenvalue weighted by atomic mass is 9.73. The van der Waals surface area contributed by atoms with Crippen molar-refractivity contribution in [3.8, 4) is 0 Å². The van der Waals surface area contributed by atoms with Crippen molar-refractivity contribution in [2.75, 3.05) is 6.54 Å². The first-order valence-corrected chi connectivity index (χ1v) is 21.4. The molecule has 6 atom stereocenters. The van der Waals surface area contributed by atoms with Gasteiger partial charge in [-0.05, 0) is 72.8 Å². The van der Waals surface area contributed by atoms with E-state index in [9.17, 15) is 37.5 Å². The molecule has 15 heteroatoms. The van der Waals surface area contributed by atoms with Crippen molar-refractivity contribution in [3.05, 3.63) is 43.1 Å². The zero-order chi connectivity index (χ0) is 40.6. The molecule has 5 aliphatic rings. The Hall–Kier alpha value is -4.40. The molecule has 0 bridgehead atoms. The number of hydrogen-bond donors (Lipinski definition) is 6. The van der Waals surface area contributed by atoms with Crippen LogP contribution in [0.25, 0.3) is 10.9 Å². The van der Waals surface area contributed by atoms with E-state index in [0.29, 0.717) is 30.2 Å². The zero-order valence-corrected chi connectivity index (χ0v) is 33.8. The van der Waals surface area contributed by atoms with Gasteiger partial charge in [0.1, 0.15) is 28.6 Å². The second kappa shape index (κ2) is 13.6. The normalized spacial score (nSPS) is 28.8. The molecule has 1 saturated heterocycles. The van der Waals surface area contributed by atoms with Crippen molar-refractivity contribution in [3.63, 3.8) is 0 Å². The summed E-state index contributed by atoms with van der Waals surface area (Å²) in [6.45, 7) is 13.9. The van der Waals surface area contributed by atoms with E-state index in [0.717, 1.165) is 38.5 Å². The number of H-pyrrole nitrogens is 1. The molecule has 5 amide bonds. The SMILES string of the molecule is C=C[C@@H]1C[C@]1(NC(=O)[C@@H]1C[C@@]2(CN1C(=O)[C@@H](NC(=O)N[C@H](C(=O)O)C1CCCCC1)C(C)(C)C)C(C)(C)C21CCC1)C(=O)NS(=O)(=O)c1cccc2cc[nH]c12. The monoisotopic (exact) mass is 792 g/mol. The van der Waals surface area contributed by atoms with Gasteiger partial charge in [-0.15, -0.1) is 6.58 Å². The summed E-state index contributed by atoms with van der Waals surface area (Å²) in [5.74, 6) is -3.88. The number of rotatable bonds is 11. The summed E-state index contributed by atoms with van der Waals surface area (Å²) in [6, 6.07) is 2.41. The number of carboxylic acids is 1. The van der Waals surface area contributed by atoms with Crippen LogP contribution in [0.4, 0.5) is 4.79 Å². The second-order valence-corrected chi connectivity index (χ2v) is 20.3. The highest BCUT2D eigenvalue weighted by Gasteiger charge is 2.85. The molecular weight excluding hydrogens is 737 g/mol. The van der Waals surface area contributed by atoms with Crippen LogP contribution in [0.1, 0.15) is 98.8 Å². The van der Waals surface area contributed by atoms with E-state index in [1.807, 2.05) is 0 Å². The average molecular weight is 793 g/mol. The van der Waals surface area contributed by atoms with Gasteiger partial charge in [-0.3, -0.25) is 14.4 Å². The number of nitrogens with one attached hydrogen (secondary N) is 5. The Morgan fingerprint density at radius 2 is 1.68 bits per heavy atom. The molecule has 7 rings (SSSR count). The molecule has 6 N–H and O–H groups in total. The minimum atomic E-state index is -4.37. The smallest absolute Gasteiger partial charge is 0.326 e. The number of carbonyl (C=O) groups excluding carboxylic acids is 4. The van der Waals surface area contributed by atoms with Gasteiger partial charge >= 0.3 is 12.0 Å². The summed E-state index contributed by atoms with van der Waals surface area (Å²) in [5.41, 5.74) is -2.75. The first-order valence-electron chi connectivity index (χ1n) is 19.9. The van der Waals surface area contributed by atoms with E-state index < -0.39 is 74.7 Å². The van der Waals surface area contributed by atoms with Crippen LogP contribution in [0.2, 0.25) is 0 Å². The van der Waals surface area contributed by atoms with Crippen molar-refractivity contribution in [2.24, 2.45) is 33.5 Å². The fourth-order valence-electron chi connectivity index (χ4n) is 10.9. The Morgan fingerprint density at radius 1 is 0.982 bits per heavy atom. The number of aliphatic carboxylic acids is 1. The van der Waals surface area contributed by atoms with Crippen LogP contribution in [0.3, 0.4) is 0 Å². The summed E-state index contributed by atoms with van der Waals surface area (Å²) < 4.78 is 29.4. The molecule has 2 heterocycles. The maximum Gasteiger partial charge on any atom is 0.326 e. The number of sulfonamides is 1. The van der Waals surface area contributed by atoms with Crippen LogP contribution in [-0.2, 0) is 29.2 Å². The van der Waals surface area contributed by atoms with Crippen molar-refractivity contribution in [1.29, 1.82) is 0 Å². The van der Waals surface area contributed by atoms with E-state index in [-0.39, 0.29) is 40.0 Å². The van der Waals surface area contributed by atoms with Gasteiger partial charge in [0.05, 0.1) is 5.52 Å². The van der Waals surface area contributed by atoms with Gasteiger partial charge in [0.15, 0.2) is 0 Å². The first-order chi connectivity index (χ1) is 26.2. The lowest BCUT2D eigenvalue weighted by Crippen LogP contribution is -2.62. The molecule has 56 heavy (non-hydrogen) atoms. The molecule has 0 unspecified atom stereocenters. The van der Waals surface area contributed by atoms with Gasteiger partial charge in [-0.25, -0.2) is 22.7 Å². The van der Waals surface area contributed by atoms with E-state index in [1.165, 1.54) is 17.0 Å². The summed E-state index contributed by atoms with van der Waals surface area (Å²) in [4.78, 5) is 73.7. The minimum absolute atomic E-state index is 0.0600. The Morgan fingerprint density at radius 3 is 2.25 bits per heavy atom. The standard InChI is InChI=1S/C41H56N6O8S/c1-7-26-21-41(26,35(52)46-56(54,55)28-16-11-15-25-17-20-42-29(25)28)45-32(48)27-22-40(38(5,6)39(40)18-12-19-39)23-47(27)33(49)31(37(2,3)4)44-36(53)43-30(34(50)51)24-13-9-8-10-14-24/h7,11,15-17,20,24,26-27,30-31,42H,1,8-10,12-14,18-19,21-23H2,2-6H3,(H,45,48)(H,46,52)(H,50,51)(H2,43,44,53)/t26-,27+,30+,31-,40-,41-/m1/s1. The summed E-state index contributed by atoms with van der Waals surface area (Å²) in [5, 5.41) is 19.0. The molecule has 2 aromatic rings. The molecule has 5 fully saturated rings. The maximum absolute atomic E-state index is 14.9. The summed E-state index contributed by atoms with van der Waals surface area (Å²) in [6.07, 6.45) is 10.7. The number of para-hydroxylation sites is 1. The van der Waals surface area contributed by atoms with E-state index in [4.69, 9.17) is 0 Å². The van der Waals surface area contributed by atoms with Crippen LogP contribution in [0.15, 0.2) is 48.0 Å². The van der Waals surface area contributed by atoms with Crippen molar-refractivity contribution < 1.29 is 37.5 Å². The molecule has 304 valence electrons. The van der Waals surface area contributed by atoms with Crippen LogP contribution in [0, 0.1) is 33.5 Å². The van der Waals surface area contributed by atoms with E-state index >= 15 is 0 Å². The third kappa shape index (κ3) is 6.19. The fourth-order valence-corrected chi connectivity index (χ4v) is 12.2. The Bertz CT molecular complexity index is 2080. The summed E-state index contributed by atoms with van der Waals surface area (Å²) in [7, 11) is -4.37. The molecule has 14 nitrogen and oxygen atoms in total. The minimum Gasteiger partial charge on any atom is -0.480 e. The molecule has 1 aromatic heterocycles. The lowest BCUT2D eigenvalue weighted by Gasteiger charge is -2.36. The van der Waals surface area contributed by atoms with Crippen LogP contribution in [-0.4, -0.2) is 83.3 Å². The van der Waals surface area contributed by atoms with E-state index in [2.05, 4.69) is 46.1 Å². The van der Waals surface area contributed by atoms with Crippen LogP contribution >= 0.6 is 0 Å². The van der Waals surface area contributed by atoms with Crippen molar-refractivity contribution in [2.45, 2.75) is 127 Å². The highest BCUT2D eigenvalue weighted by molar-refractivity contribution is 7.90. The Balaban J connectivity index is 1.15. The highest BCUT2D eigenvalue weighted by Crippen LogP contribution is 2.88. The number of benzene rings is 1. The highest BCUT2D eigenvalue weighted by atomic mass is 32.2. The number of likely N-dealkylation sites (tertiary alicyclic amines) is 1. The number of nitrogens with zero attached hydrogens (tertiary/aromatic N) is 1. The topological polar surface area (TPSA) is 207 Å². The van der Waals surface area contributed by atoms with Gasteiger partial charge in [0, 0.05) is 29.5 Å². The van der Waals surface area contributed by atoms with Gasteiger partial charge in [0.25, 0.3) is 15.9 Å². The Kier molecular flexibility index (Phi) is 9.69. The largest absolute Gasteiger partial charge is 0.480 e. The number of carboxylic acid groups (broad SMARTS) is 1. The molecule has 4 saturated carbocycles. The van der Waals surface area contributed by atoms with Gasteiger partial charge in [-0.1, -0.05) is 78.5 Å². The molecule has 4 aliphatic carbocycles. The molecular formula is C41H56N6O8S. The predicted octanol–water partition coefficient (Wildman–Crippen LogP) is 4.58. The van der Waals surface area contributed by atoms with Gasteiger partial charge < -0.3 is 30.9 Å². The molecule has 1 aliphatic heterocycles. The number of hydrogen-bond acceptors (Lipinski definition) is 7. The number of amides is 5. The second-order valence-electron chi connectivity index (χ2n) is 18.6. The van der Waals surface area contributed by atoms with Crippen molar-refractivity contribution in [1.82, 2.24) is 30.6 Å². The van der Waals surface area contributed by atoms with Crippen molar-refractivity contribution >= 4 is 50.6 Å². The quantitative estimate of drug-likeness (QED) is 0.177. The number of aromatic nitrogens is 1. The zero-order valence-electron chi connectivity index (χ0n) is 33.0. The number of fused-ring (bicyclic) bond motifs is 2. The molecule has 0 radical (unpaired) electrons. The summed E-state index contributed by atoms with van der Waals surface area (Å²) >= 11 is 0. The fraction of sp³-hybridized carbons (Fsp3) is 0.634. The third-order valence-electron chi connectivity index (χ3n) is 14.6. The molecule has 2 spiro atoms. The molecule has 1 aromatic carbocycles. The van der Waals surface area contributed by atoms with Crippen LogP contribution in [0.5, 0.6) is 0 Å². The van der Waals surface area contributed by atoms with Crippen LogP contribution < -0.4 is 20.7 Å². The van der Waals surface area contributed by atoms with Gasteiger partial charge in [0.2, 0.25) is 11.8 Å². The predicted molar refractivity (Wildman–Crippen MR) is 208 cm³/mol. The lowest BCUT2D eigenvalue weighted by molar-refractivity contribution is -0.142. The number of aromatic amines is 1. The van der Waals surface area contributed by atoms with E-state index in [1.54, 1.807) is 45.2 Å². The first kappa shape index (κ1) is 39.8.